The number of hydrogen-bond acceptors (Lipinski definition) is 5. The van der Waals surface area contributed by atoms with Crippen molar-refractivity contribution in [2.45, 2.75) is 64.3 Å². The largest absolute Gasteiger partial charge is 0.465 e. The van der Waals surface area contributed by atoms with Gasteiger partial charge in [0.05, 0.1) is 30.1 Å². The number of anilines is 2. The number of methoxy groups -OCH3 is 1. The average molecular weight is 537 g/mol. The van der Waals surface area contributed by atoms with Gasteiger partial charge in [-0.25, -0.2) is 4.79 Å². The number of rotatable bonds is 4. The fraction of sp³-hybridized carbons (Fsp3) is 0.324. The van der Waals surface area contributed by atoms with Crippen molar-refractivity contribution >= 4 is 29.0 Å². The second-order valence-corrected chi connectivity index (χ2v) is 11.6. The van der Waals surface area contributed by atoms with E-state index >= 15 is 0 Å². The molecule has 6 nitrogen and oxygen atoms in total. The zero-order chi connectivity index (χ0) is 28.6. The van der Waals surface area contributed by atoms with Gasteiger partial charge in [-0.1, -0.05) is 76.2 Å². The molecule has 0 spiro atoms. The van der Waals surface area contributed by atoms with Crippen LogP contribution in [0, 0.1) is 0 Å². The summed E-state index contributed by atoms with van der Waals surface area (Å²) in [6, 6.07) is 22.7. The molecule has 0 saturated carbocycles. The van der Waals surface area contributed by atoms with E-state index in [0.717, 1.165) is 28.2 Å². The predicted molar refractivity (Wildman–Crippen MR) is 158 cm³/mol. The molecule has 3 aromatic carbocycles. The van der Waals surface area contributed by atoms with Crippen LogP contribution in [0.15, 0.2) is 84.1 Å². The van der Waals surface area contributed by atoms with E-state index < -0.39 is 12.0 Å². The number of ether oxygens (including phenoxy) is 1. The van der Waals surface area contributed by atoms with E-state index in [4.69, 9.17) is 4.74 Å². The van der Waals surface area contributed by atoms with Crippen LogP contribution in [0.4, 0.5) is 11.4 Å². The third-order valence-corrected chi connectivity index (χ3v) is 7.96. The zero-order valence-electron chi connectivity index (χ0n) is 23.8. The number of allylic oxidation sites excluding steroid dienone is 1. The number of ketones is 1. The van der Waals surface area contributed by atoms with Gasteiger partial charge in [0, 0.05) is 24.1 Å². The lowest BCUT2D eigenvalue weighted by Gasteiger charge is -2.35. The highest BCUT2D eigenvalue weighted by Crippen LogP contribution is 2.47. The van der Waals surface area contributed by atoms with Crippen LogP contribution in [0.3, 0.4) is 0 Å². The predicted octanol–water partition coefficient (Wildman–Crippen LogP) is 7.08. The molecule has 0 aromatic heterocycles. The third kappa shape index (κ3) is 5.06. The van der Waals surface area contributed by atoms with Gasteiger partial charge in [0.15, 0.2) is 5.78 Å². The Bertz CT molecular complexity index is 1480. The van der Waals surface area contributed by atoms with Crippen LogP contribution in [-0.4, -0.2) is 24.8 Å². The first-order valence-electron chi connectivity index (χ1n) is 13.9. The van der Waals surface area contributed by atoms with Crippen molar-refractivity contribution in [1.82, 2.24) is 0 Å². The van der Waals surface area contributed by atoms with E-state index in [1.807, 2.05) is 43.3 Å². The summed E-state index contributed by atoms with van der Waals surface area (Å²) in [5.41, 5.74) is 6.57. The number of nitrogens with one attached hydrogen (secondary N) is 1. The maximum atomic E-state index is 14.1. The molecule has 1 amide bonds. The van der Waals surface area contributed by atoms with Gasteiger partial charge in [0.1, 0.15) is 0 Å². The Morgan fingerprint density at radius 1 is 0.925 bits per heavy atom. The number of Topliss-reactive ketones (excluding diaryl/α,β-unsaturated/α-hetero) is 1. The van der Waals surface area contributed by atoms with Gasteiger partial charge in [-0.3, -0.25) is 14.5 Å². The third-order valence-electron chi connectivity index (χ3n) is 7.96. The van der Waals surface area contributed by atoms with Crippen LogP contribution in [0.1, 0.15) is 86.0 Å². The number of fused-ring (bicyclic) bond motifs is 1. The molecule has 0 saturated heterocycles. The Morgan fingerprint density at radius 2 is 1.57 bits per heavy atom. The highest BCUT2D eigenvalue weighted by atomic mass is 16.5. The molecule has 206 valence electrons. The first-order valence-corrected chi connectivity index (χ1v) is 13.9. The lowest BCUT2D eigenvalue weighted by Crippen LogP contribution is -2.38. The van der Waals surface area contributed by atoms with Crippen molar-refractivity contribution in [2.75, 3.05) is 17.3 Å². The molecule has 1 heterocycles. The minimum absolute atomic E-state index is 0.0161. The summed E-state index contributed by atoms with van der Waals surface area (Å²) < 4.78 is 4.87. The number of carbonyl (C=O) groups excluding carboxylic acids is 3. The van der Waals surface area contributed by atoms with Gasteiger partial charge >= 0.3 is 5.97 Å². The van der Waals surface area contributed by atoms with Crippen LogP contribution in [0.5, 0.6) is 0 Å². The van der Waals surface area contributed by atoms with Gasteiger partial charge in [0.25, 0.3) is 0 Å². The van der Waals surface area contributed by atoms with Gasteiger partial charge < -0.3 is 10.1 Å². The lowest BCUT2D eigenvalue weighted by atomic mass is 9.77. The Morgan fingerprint density at radius 3 is 2.20 bits per heavy atom. The van der Waals surface area contributed by atoms with Crippen LogP contribution in [0.2, 0.25) is 0 Å². The number of hydrogen-bond donors (Lipinski definition) is 1. The summed E-state index contributed by atoms with van der Waals surface area (Å²) in [6.07, 6.45) is 1.29. The van der Waals surface area contributed by atoms with E-state index in [1.165, 1.54) is 12.7 Å². The number of amides is 1. The van der Waals surface area contributed by atoms with Crippen molar-refractivity contribution < 1.29 is 19.1 Å². The van der Waals surface area contributed by atoms with Crippen LogP contribution < -0.4 is 10.2 Å². The summed E-state index contributed by atoms with van der Waals surface area (Å²) in [5.74, 6) is -0.481. The highest BCUT2D eigenvalue weighted by Gasteiger charge is 2.41. The number of carbonyl (C=O) groups is 3. The molecule has 6 heteroatoms. The molecule has 1 aliphatic heterocycles. The molecule has 3 aromatic rings. The summed E-state index contributed by atoms with van der Waals surface area (Å²) in [5, 5.41) is 3.57. The van der Waals surface area contributed by atoms with Crippen molar-refractivity contribution in [3.63, 3.8) is 0 Å². The first kappa shape index (κ1) is 27.4. The van der Waals surface area contributed by atoms with Crippen LogP contribution in [0.25, 0.3) is 0 Å². The molecule has 40 heavy (non-hydrogen) atoms. The monoisotopic (exact) mass is 536 g/mol. The molecule has 5 rings (SSSR count). The minimum Gasteiger partial charge on any atom is -0.465 e. The number of nitrogens with zero attached hydrogens (tertiary/aromatic N) is 1. The lowest BCUT2D eigenvalue weighted by molar-refractivity contribution is -0.119. The van der Waals surface area contributed by atoms with E-state index in [2.05, 4.69) is 50.4 Å². The first-order chi connectivity index (χ1) is 19.1. The Labute approximate surface area is 236 Å². The maximum absolute atomic E-state index is 14.1. The molecular weight excluding hydrogens is 500 g/mol. The molecule has 0 fully saturated rings. The SMILES string of the molecule is CCC(=O)N1c2ccccc2NC2=C(C(=O)C[C@@H](c3ccc(C(C)(C)C)cc3)C2)[C@H]1c1ccc(C(=O)OC)cc1. The standard InChI is InChI=1S/C34H36N2O4/c1-6-30(38)36-28-10-8-7-9-26(28)35-27-19-24(21-15-17-25(18-16-21)34(2,3)4)20-29(37)31(27)32(36)22-11-13-23(14-12-22)33(39)40-5/h7-18,24,32,35H,6,19-20H2,1-5H3/t24-,32+/m0/s1. The van der Waals surface area contributed by atoms with E-state index in [0.29, 0.717) is 24.0 Å². The van der Waals surface area contributed by atoms with Crippen molar-refractivity contribution in [1.29, 1.82) is 0 Å². The van der Waals surface area contributed by atoms with E-state index in [-0.39, 0.29) is 29.4 Å². The molecule has 2 aliphatic rings. The van der Waals surface area contributed by atoms with Gasteiger partial charge in [-0.15, -0.1) is 0 Å². The minimum atomic E-state index is -0.623. The van der Waals surface area contributed by atoms with Crippen molar-refractivity contribution in [2.24, 2.45) is 0 Å². The smallest absolute Gasteiger partial charge is 0.337 e. The average Bonchev–Trinajstić information content (AvgIpc) is 3.10. The summed E-state index contributed by atoms with van der Waals surface area (Å²) in [6.45, 7) is 8.40. The zero-order valence-corrected chi connectivity index (χ0v) is 23.8. The summed E-state index contributed by atoms with van der Waals surface area (Å²) in [4.78, 5) is 41.5. The maximum Gasteiger partial charge on any atom is 0.337 e. The Kier molecular flexibility index (Phi) is 7.37. The number of esters is 1. The molecule has 0 radical (unpaired) electrons. The Balaban J connectivity index is 1.63. The van der Waals surface area contributed by atoms with Gasteiger partial charge in [0.2, 0.25) is 5.91 Å². The van der Waals surface area contributed by atoms with E-state index in [1.54, 1.807) is 17.0 Å². The van der Waals surface area contributed by atoms with E-state index in [9.17, 15) is 14.4 Å². The molecule has 0 unspecified atom stereocenters. The second-order valence-electron chi connectivity index (χ2n) is 11.6. The molecule has 1 N–H and O–H groups in total. The quantitative estimate of drug-likeness (QED) is 0.361. The van der Waals surface area contributed by atoms with Crippen LogP contribution >= 0.6 is 0 Å². The van der Waals surface area contributed by atoms with Gasteiger partial charge in [-0.05, 0) is 58.7 Å². The fourth-order valence-electron chi connectivity index (χ4n) is 5.76. The van der Waals surface area contributed by atoms with Crippen molar-refractivity contribution in [3.05, 3.63) is 106 Å². The summed E-state index contributed by atoms with van der Waals surface area (Å²) in [7, 11) is 1.34. The molecular formula is C34H36N2O4. The fourth-order valence-corrected chi connectivity index (χ4v) is 5.76. The molecule has 2 atom stereocenters. The van der Waals surface area contributed by atoms with Crippen LogP contribution in [-0.2, 0) is 19.7 Å². The van der Waals surface area contributed by atoms with Crippen molar-refractivity contribution in [3.8, 4) is 0 Å². The second kappa shape index (κ2) is 10.8. The molecule has 1 aliphatic carbocycles. The van der Waals surface area contributed by atoms with Gasteiger partial charge in [-0.2, -0.15) is 0 Å². The molecule has 0 bridgehead atoms. The normalized spacial score (nSPS) is 18.8. The number of para-hydroxylation sites is 2. The number of benzene rings is 3. The Hall–Kier alpha value is -4.19. The summed E-state index contributed by atoms with van der Waals surface area (Å²) >= 11 is 0. The highest BCUT2D eigenvalue weighted by molar-refractivity contribution is 6.06. The topological polar surface area (TPSA) is 75.7 Å².